The first-order valence-electron chi connectivity index (χ1n) is 11.6. The lowest BCUT2D eigenvalue weighted by atomic mass is 9.97. The lowest BCUT2D eigenvalue weighted by Crippen LogP contribution is -1.93. The van der Waals surface area contributed by atoms with Gasteiger partial charge in [-0.15, -0.1) is 0 Å². The smallest absolute Gasteiger partial charge is 0.0810 e. The van der Waals surface area contributed by atoms with Gasteiger partial charge < -0.3 is 0 Å². The van der Waals surface area contributed by atoms with Crippen molar-refractivity contribution in [2.75, 3.05) is 0 Å². The Bertz CT molecular complexity index is 1910. The van der Waals surface area contributed by atoms with Gasteiger partial charge in [0.2, 0.25) is 0 Å². The maximum absolute atomic E-state index is 6.34. The van der Waals surface area contributed by atoms with Crippen LogP contribution in [0.4, 0.5) is 0 Å². The highest BCUT2D eigenvalue weighted by Crippen LogP contribution is 2.38. The number of halogens is 1. The Morgan fingerprint density at radius 2 is 1.26 bits per heavy atom. The van der Waals surface area contributed by atoms with E-state index in [2.05, 4.69) is 84.9 Å². The Morgan fingerprint density at radius 1 is 0.514 bits per heavy atom. The van der Waals surface area contributed by atoms with Gasteiger partial charge in [0.05, 0.1) is 22.4 Å². The highest BCUT2D eigenvalue weighted by Gasteiger charge is 2.15. The summed E-state index contributed by atoms with van der Waals surface area (Å²) in [6.07, 6.45) is 0. The van der Waals surface area contributed by atoms with Crippen LogP contribution in [0, 0.1) is 0 Å². The molecule has 7 aromatic rings. The Labute approximate surface area is 207 Å². The van der Waals surface area contributed by atoms with Crippen LogP contribution < -0.4 is 0 Å². The molecule has 0 saturated heterocycles. The third kappa shape index (κ3) is 3.34. The number of nitrogens with zero attached hydrogens (tertiary/aromatic N) is 2. The number of benzene rings is 5. The van der Waals surface area contributed by atoms with E-state index in [0.29, 0.717) is 5.02 Å². The molecular formula is C32H19ClN2. The van der Waals surface area contributed by atoms with Gasteiger partial charge in [0.1, 0.15) is 0 Å². The molecule has 0 aliphatic rings. The van der Waals surface area contributed by atoms with Crippen LogP contribution in [0.2, 0.25) is 5.02 Å². The van der Waals surface area contributed by atoms with Crippen LogP contribution in [-0.4, -0.2) is 9.97 Å². The van der Waals surface area contributed by atoms with Gasteiger partial charge in [0.15, 0.2) is 0 Å². The SMILES string of the molecule is Clc1ccc2c(c1)nc(-c1ccccc1)c1c2ccc2ccc(-c3ccc4ccccc4c3)nc21. The first-order valence-corrected chi connectivity index (χ1v) is 12.0. The Balaban J connectivity index is 1.58. The first kappa shape index (κ1) is 20.1. The number of pyridine rings is 2. The highest BCUT2D eigenvalue weighted by atomic mass is 35.5. The second-order valence-electron chi connectivity index (χ2n) is 8.81. The van der Waals surface area contributed by atoms with Gasteiger partial charge >= 0.3 is 0 Å². The van der Waals surface area contributed by atoms with Crippen molar-refractivity contribution in [2.45, 2.75) is 0 Å². The summed E-state index contributed by atoms with van der Waals surface area (Å²) in [4.78, 5) is 10.3. The van der Waals surface area contributed by atoms with Gasteiger partial charge in [-0.25, -0.2) is 9.97 Å². The summed E-state index contributed by atoms with van der Waals surface area (Å²) in [6.45, 7) is 0. The number of hydrogen-bond acceptors (Lipinski definition) is 2. The van der Waals surface area contributed by atoms with Gasteiger partial charge in [0, 0.05) is 32.3 Å². The third-order valence-corrected chi connectivity index (χ3v) is 6.91. The number of fused-ring (bicyclic) bond motifs is 6. The average molecular weight is 467 g/mol. The summed E-state index contributed by atoms with van der Waals surface area (Å²) >= 11 is 6.34. The maximum Gasteiger partial charge on any atom is 0.0810 e. The van der Waals surface area contributed by atoms with E-state index >= 15 is 0 Å². The topological polar surface area (TPSA) is 25.8 Å². The Morgan fingerprint density at radius 3 is 2.14 bits per heavy atom. The van der Waals surface area contributed by atoms with E-state index in [-0.39, 0.29) is 0 Å². The van der Waals surface area contributed by atoms with Crippen LogP contribution in [0.5, 0.6) is 0 Å². The molecule has 0 N–H and O–H groups in total. The van der Waals surface area contributed by atoms with Crippen LogP contribution in [0.15, 0.2) is 115 Å². The van der Waals surface area contributed by atoms with Crippen LogP contribution in [0.3, 0.4) is 0 Å². The molecular weight excluding hydrogens is 448 g/mol. The summed E-state index contributed by atoms with van der Waals surface area (Å²) in [5.74, 6) is 0. The molecule has 0 amide bonds. The molecule has 35 heavy (non-hydrogen) atoms. The summed E-state index contributed by atoms with van der Waals surface area (Å²) < 4.78 is 0. The lowest BCUT2D eigenvalue weighted by Gasteiger charge is -2.13. The zero-order chi connectivity index (χ0) is 23.4. The predicted octanol–water partition coefficient (Wildman–Crippen LogP) is 9.08. The minimum Gasteiger partial charge on any atom is -0.247 e. The molecule has 2 nitrogen and oxygen atoms in total. The standard InChI is InChI=1S/C32H19ClN2/c33-25-14-16-26-27-15-12-22-13-17-28(24-11-10-20-6-4-5-9-23(20)18-24)34-32(22)30(27)31(35-29(26)19-25)21-7-2-1-3-8-21/h1-19H. The second kappa shape index (κ2) is 7.90. The predicted molar refractivity (Wildman–Crippen MR) is 148 cm³/mol. The molecule has 7 rings (SSSR count). The van der Waals surface area contributed by atoms with Crippen molar-refractivity contribution in [1.82, 2.24) is 9.97 Å². The second-order valence-corrected chi connectivity index (χ2v) is 9.24. The summed E-state index contributed by atoms with van der Waals surface area (Å²) in [5, 5.41) is 7.47. The van der Waals surface area contributed by atoms with Crippen LogP contribution in [0.25, 0.3) is 65.9 Å². The van der Waals surface area contributed by atoms with E-state index in [4.69, 9.17) is 21.6 Å². The van der Waals surface area contributed by atoms with Crippen LogP contribution in [0.1, 0.15) is 0 Å². The zero-order valence-corrected chi connectivity index (χ0v) is 19.5. The summed E-state index contributed by atoms with van der Waals surface area (Å²) in [6, 6.07) is 39.8. The van der Waals surface area contributed by atoms with E-state index in [1.165, 1.54) is 10.8 Å². The Kier molecular flexibility index (Phi) is 4.54. The van der Waals surface area contributed by atoms with Crippen molar-refractivity contribution in [3.63, 3.8) is 0 Å². The molecule has 0 spiro atoms. The Hall–Kier alpha value is -4.27. The first-order chi connectivity index (χ1) is 17.2. The quantitative estimate of drug-likeness (QED) is 0.237. The molecule has 0 aliphatic heterocycles. The van der Waals surface area contributed by atoms with Gasteiger partial charge in [-0.1, -0.05) is 103 Å². The minimum atomic E-state index is 0.681. The zero-order valence-electron chi connectivity index (χ0n) is 18.7. The molecule has 2 heterocycles. The minimum absolute atomic E-state index is 0.681. The van der Waals surface area contributed by atoms with Crippen molar-refractivity contribution in [1.29, 1.82) is 0 Å². The van der Waals surface area contributed by atoms with Crippen LogP contribution in [-0.2, 0) is 0 Å². The van der Waals surface area contributed by atoms with Crippen molar-refractivity contribution in [2.24, 2.45) is 0 Å². The van der Waals surface area contributed by atoms with Gasteiger partial charge in [0.25, 0.3) is 0 Å². The molecule has 0 unspecified atom stereocenters. The fourth-order valence-electron chi connectivity index (χ4n) is 4.97. The average Bonchev–Trinajstić information content (AvgIpc) is 2.92. The number of aromatic nitrogens is 2. The van der Waals surface area contributed by atoms with E-state index in [0.717, 1.165) is 55.1 Å². The molecule has 5 aromatic carbocycles. The van der Waals surface area contributed by atoms with Crippen molar-refractivity contribution in [3.05, 3.63) is 120 Å². The van der Waals surface area contributed by atoms with Crippen molar-refractivity contribution < 1.29 is 0 Å². The molecule has 0 fully saturated rings. The molecule has 0 radical (unpaired) electrons. The highest BCUT2D eigenvalue weighted by molar-refractivity contribution is 6.31. The van der Waals surface area contributed by atoms with Gasteiger partial charge in [-0.2, -0.15) is 0 Å². The van der Waals surface area contributed by atoms with Crippen molar-refractivity contribution >= 4 is 55.0 Å². The lowest BCUT2D eigenvalue weighted by molar-refractivity contribution is 1.40. The monoisotopic (exact) mass is 466 g/mol. The fraction of sp³-hybridized carbons (Fsp3) is 0. The molecule has 2 aromatic heterocycles. The molecule has 3 heteroatoms. The van der Waals surface area contributed by atoms with E-state index < -0.39 is 0 Å². The van der Waals surface area contributed by atoms with Crippen LogP contribution >= 0.6 is 11.6 Å². The normalized spacial score (nSPS) is 11.6. The summed E-state index contributed by atoms with van der Waals surface area (Å²) in [7, 11) is 0. The van der Waals surface area contributed by atoms with Gasteiger partial charge in [-0.3, -0.25) is 0 Å². The number of rotatable bonds is 2. The maximum atomic E-state index is 6.34. The van der Waals surface area contributed by atoms with E-state index in [9.17, 15) is 0 Å². The molecule has 0 saturated carbocycles. The van der Waals surface area contributed by atoms with Gasteiger partial charge in [-0.05, 0) is 40.4 Å². The molecule has 0 atom stereocenters. The largest absolute Gasteiger partial charge is 0.247 e. The van der Waals surface area contributed by atoms with E-state index in [1.54, 1.807) is 0 Å². The number of hydrogen-bond donors (Lipinski definition) is 0. The molecule has 164 valence electrons. The molecule has 0 bridgehead atoms. The molecule has 0 aliphatic carbocycles. The fourth-order valence-corrected chi connectivity index (χ4v) is 5.13. The van der Waals surface area contributed by atoms with Crippen molar-refractivity contribution in [3.8, 4) is 22.5 Å². The third-order valence-electron chi connectivity index (χ3n) is 6.67. The van der Waals surface area contributed by atoms with E-state index in [1.807, 2.05) is 30.3 Å². The summed E-state index contributed by atoms with van der Waals surface area (Å²) in [5.41, 5.74) is 5.87.